The summed E-state index contributed by atoms with van der Waals surface area (Å²) in [6, 6.07) is 9.91. The van der Waals surface area contributed by atoms with E-state index in [4.69, 9.17) is 5.26 Å². The van der Waals surface area contributed by atoms with Crippen LogP contribution in [0.15, 0.2) is 33.7 Å². The molecule has 0 aliphatic carbocycles. The molecule has 3 heteroatoms. The first-order chi connectivity index (χ1) is 6.33. The standard InChI is InChI=1S/C10H9BrN2/c11-10-4-2-9(3-5-10)8-13-7-1-6-12/h2-5,8H,1,7H2. The summed E-state index contributed by atoms with van der Waals surface area (Å²) >= 11 is 3.35. The van der Waals surface area contributed by atoms with Gasteiger partial charge in [-0.2, -0.15) is 5.26 Å². The Morgan fingerprint density at radius 2 is 2.08 bits per heavy atom. The Labute approximate surface area is 86.0 Å². The molecule has 66 valence electrons. The van der Waals surface area contributed by atoms with Gasteiger partial charge in [-0.05, 0) is 17.7 Å². The van der Waals surface area contributed by atoms with E-state index in [0.29, 0.717) is 13.0 Å². The minimum absolute atomic E-state index is 0.479. The number of rotatable bonds is 3. The average molecular weight is 237 g/mol. The first-order valence-corrected chi connectivity index (χ1v) is 4.74. The van der Waals surface area contributed by atoms with E-state index in [2.05, 4.69) is 20.9 Å². The summed E-state index contributed by atoms with van der Waals surface area (Å²) in [4.78, 5) is 4.10. The third-order valence-electron chi connectivity index (χ3n) is 1.46. The molecule has 13 heavy (non-hydrogen) atoms. The summed E-state index contributed by atoms with van der Waals surface area (Å²) in [5.74, 6) is 0. The third kappa shape index (κ3) is 3.86. The average Bonchev–Trinajstić information content (AvgIpc) is 2.15. The molecular weight excluding hydrogens is 228 g/mol. The van der Waals surface area contributed by atoms with Gasteiger partial charge in [0.25, 0.3) is 0 Å². The molecule has 0 aliphatic heterocycles. The molecule has 1 aromatic carbocycles. The van der Waals surface area contributed by atoms with Gasteiger partial charge in [0.2, 0.25) is 0 Å². The van der Waals surface area contributed by atoms with Crippen LogP contribution in [0.3, 0.4) is 0 Å². The fourth-order valence-electron chi connectivity index (χ4n) is 0.833. The predicted octanol–water partition coefficient (Wildman–Crippen LogP) is 2.78. The Kier molecular flexibility index (Phi) is 4.20. The van der Waals surface area contributed by atoms with Gasteiger partial charge in [0.05, 0.1) is 19.0 Å². The maximum Gasteiger partial charge on any atom is 0.0641 e. The third-order valence-corrected chi connectivity index (χ3v) is 1.99. The van der Waals surface area contributed by atoms with E-state index >= 15 is 0 Å². The van der Waals surface area contributed by atoms with E-state index in [9.17, 15) is 0 Å². The van der Waals surface area contributed by atoms with Crippen LogP contribution in [0.2, 0.25) is 0 Å². The molecular formula is C10H9BrN2. The molecule has 0 saturated carbocycles. The molecule has 0 aromatic heterocycles. The maximum atomic E-state index is 8.27. The summed E-state index contributed by atoms with van der Waals surface area (Å²) in [7, 11) is 0. The predicted molar refractivity (Wildman–Crippen MR) is 56.8 cm³/mol. The highest BCUT2D eigenvalue weighted by Gasteiger charge is 1.87. The Hall–Kier alpha value is -1.14. The van der Waals surface area contributed by atoms with Crippen LogP contribution in [0.25, 0.3) is 0 Å². The number of benzene rings is 1. The zero-order valence-electron chi connectivity index (χ0n) is 7.07. The first kappa shape index (κ1) is 9.94. The van der Waals surface area contributed by atoms with Crippen LogP contribution in [0.4, 0.5) is 0 Å². The number of hydrogen-bond donors (Lipinski definition) is 0. The molecule has 0 heterocycles. The second-order valence-electron chi connectivity index (χ2n) is 2.49. The van der Waals surface area contributed by atoms with Crippen molar-refractivity contribution in [2.45, 2.75) is 6.42 Å². The van der Waals surface area contributed by atoms with E-state index in [1.807, 2.05) is 30.3 Å². The fraction of sp³-hybridized carbons (Fsp3) is 0.200. The molecule has 0 amide bonds. The Balaban J connectivity index is 2.50. The van der Waals surface area contributed by atoms with Gasteiger partial charge >= 0.3 is 0 Å². The SMILES string of the molecule is N#CCCN=Cc1ccc(Br)cc1. The van der Waals surface area contributed by atoms with Crippen molar-refractivity contribution >= 4 is 22.1 Å². The highest BCUT2D eigenvalue weighted by atomic mass is 79.9. The van der Waals surface area contributed by atoms with E-state index < -0.39 is 0 Å². The molecule has 0 fully saturated rings. The number of nitrogens with zero attached hydrogens (tertiary/aromatic N) is 2. The van der Waals surface area contributed by atoms with Crippen molar-refractivity contribution in [1.82, 2.24) is 0 Å². The normalized spacial score (nSPS) is 10.2. The zero-order chi connectivity index (χ0) is 9.52. The van der Waals surface area contributed by atoms with Crippen LogP contribution in [0, 0.1) is 11.3 Å². The van der Waals surface area contributed by atoms with Crippen molar-refractivity contribution < 1.29 is 0 Å². The van der Waals surface area contributed by atoms with Gasteiger partial charge in [0.15, 0.2) is 0 Å². The Morgan fingerprint density at radius 1 is 1.38 bits per heavy atom. The quantitative estimate of drug-likeness (QED) is 0.588. The molecule has 0 atom stereocenters. The van der Waals surface area contributed by atoms with Gasteiger partial charge in [-0.15, -0.1) is 0 Å². The van der Waals surface area contributed by atoms with Crippen molar-refractivity contribution in [3.63, 3.8) is 0 Å². The number of halogens is 1. The van der Waals surface area contributed by atoms with E-state index in [1.165, 1.54) is 0 Å². The fourth-order valence-corrected chi connectivity index (χ4v) is 1.10. The summed E-state index contributed by atoms with van der Waals surface area (Å²) in [6.45, 7) is 0.576. The summed E-state index contributed by atoms with van der Waals surface area (Å²) in [5.41, 5.74) is 1.06. The lowest BCUT2D eigenvalue weighted by Gasteiger charge is -1.92. The highest BCUT2D eigenvalue weighted by Crippen LogP contribution is 2.08. The van der Waals surface area contributed by atoms with Gasteiger partial charge in [0.1, 0.15) is 0 Å². The van der Waals surface area contributed by atoms with Crippen molar-refractivity contribution in [3.8, 4) is 6.07 Å². The molecule has 0 saturated heterocycles. The lowest BCUT2D eigenvalue weighted by molar-refractivity contribution is 1.02. The van der Waals surface area contributed by atoms with Crippen LogP contribution in [-0.4, -0.2) is 12.8 Å². The molecule has 0 aliphatic rings. The molecule has 0 N–H and O–H groups in total. The van der Waals surface area contributed by atoms with Crippen LogP contribution >= 0.6 is 15.9 Å². The van der Waals surface area contributed by atoms with E-state index in [1.54, 1.807) is 6.21 Å². The number of aliphatic imine (C=N–C) groups is 1. The van der Waals surface area contributed by atoms with Crippen molar-refractivity contribution in [2.75, 3.05) is 6.54 Å². The van der Waals surface area contributed by atoms with Gasteiger partial charge < -0.3 is 0 Å². The zero-order valence-corrected chi connectivity index (χ0v) is 8.66. The number of nitriles is 1. The van der Waals surface area contributed by atoms with E-state index in [0.717, 1.165) is 10.0 Å². The summed E-state index contributed by atoms with van der Waals surface area (Å²) in [5, 5.41) is 8.27. The van der Waals surface area contributed by atoms with Crippen LogP contribution in [0.5, 0.6) is 0 Å². The summed E-state index contributed by atoms with van der Waals surface area (Å²) < 4.78 is 1.06. The monoisotopic (exact) mass is 236 g/mol. The molecule has 2 nitrogen and oxygen atoms in total. The minimum atomic E-state index is 0.479. The topological polar surface area (TPSA) is 36.1 Å². The molecule has 0 unspecified atom stereocenters. The number of hydrogen-bond acceptors (Lipinski definition) is 2. The highest BCUT2D eigenvalue weighted by molar-refractivity contribution is 9.10. The molecule has 1 aromatic rings. The Bertz CT molecular complexity index is 322. The Morgan fingerprint density at radius 3 is 2.69 bits per heavy atom. The second-order valence-corrected chi connectivity index (χ2v) is 3.41. The van der Waals surface area contributed by atoms with Crippen LogP contribution in [-0.2, 0) is 0 Å². The molecule has 1 rings (SSSR count). The smallest absolute Gasteiger partial charge is 0.0641 e. The van der Waals surface area contributed by atoms with Crippen molar-refractivity contribution in [2.24, 2.45) is 4.99 Å². The van der Waals surface area contributed by atoms with Crippen molar-refractivity contribution in [1.29, 1.82) is 5.26 Å². The van der Waals surface area contributed by atoms with Gasteiger partial charge in [0, 0.05) is 10.7 Å². The second kappa shape index (κ2) is 5.50. The largest absolute Gasteiger partial charge is 0.291 e. The van der Waals surface area contributed by atoms with Gasteiger partial charge in [-0.1, -0.05) is 28.1 Å². The lowest BCUT2D eigenvalue weighted by atomic mass is 10.2. The van der Waals surface area contributed by atoms with Gasteiger partial charge in [-0.3, -0.25) is 4.99 Å². The molecule has 0 bridgehead atoms. The summed E-state index contributed by atoms with van der Waals surface area (Å²) in [6.07, 6.45) is 2.26. The van der Waals surface area contributed by atoms with Crippen LogP contribution < -0.4 is 0 Å². The molecule has 0 spiro atoms. The van der Waals surface area contributed by atoms with E-state index in [-0.39, 0.29) is 0 Å². The molecule has 0 radical (unpaired) electrons. The maximum absolute atomic E-state index is 8.27. The first-order valence-electron chi connectivity index (χ1n) is 3.95. The van der Waals surface area contributed by atoms with Crippen LogP contribution in [0.1, 0.15) is 12.0 Å². The lowest BCUT2D eigenvalue weighted by Crippen LogP contribution is -1.82. The van der Waals surface area contributed by atoms with Gasteiger partial charge in [-0.25, -0.2) is 0 Å². The minimum Gasteiger partial charge on any atom is -0.291 e. The van der Waals surface area contributed by atoms with Crippen molar-refractivity contribution in [3.05, 3.63) is 34.3 Å².